The Kier molecular flexibility index (Phi) is 5.38. The summed E-state index contributed by atoms with van der Waals surface area (Å²) in [4.78, 5) is 4.34. The number of aromatic nitrogens is 1. The summed E-state index contributed by atoms with van der Waals surface area (Å²) in [6, 6.07) is 11.9. The van der Waals surface area contributed by atoms with Crippen LogP contribution in [0.1, 0.15) is 30.4 Å². The third kappa shape index (κ3) is 3.64. The maximum Gasteiger partial charge on any atom is 0.143 e. The minimum atomic E-state index is 0.152. The largest absolute Gasteiger partial charge is 0.490 e. The molecule has 6 nitrogen and oxygen atoms in total. The predicted molar refractivity (Wildman–Crippen MR) is 107 cm³/mol. The summed E-state index contributed by atoms with van der Waals surface area (Å²) >= 11 is 1.49. The lowest BCUT2D eigenvalue weighted by molar-refractivity contribution is -0.0196. The highest BCUT2D eigenvalue weighted by atomic mass is 32.2. The maximum absolute atomic E-state index is 9.82. The van der Waals surface area contributed by atoms with E-state index in [1.807, 2.05) is 24.3 Å². The molecule has 1 saturated heterocycles. The number of nitrogens with zero attached hydrogens (tertiary/aromatic N) is 3. The molecule has 2 heterocycles. The van der Waals surface area contributed by atoms with Crippen molar-refractivity contribution in [1.29, 1.82) is 10.5 Å². The van der Waals surface area contributed by atoms with Crippen molar-refractivity contribution in [2.24, 2.45) is 5.92 Å². The summed E-state index contributed by atoms with van der Waals surface area (Å²) < 4.78 is 11.1. The van der Waals surface area contributed by atoms with E-state index < -0.39 is 0 Å². The Morgan fingerprint density at radius 2 is 1.86 bits per heavy atom. The molecule has 0 spiro atoms. The third-order valence-corrected chi connectivity index (χ3v) is 6.28. The second-order valence-electron chi connectivity index (χ2n) is 7.06. The zero-order chi connectivity index (χ0) is 19.5. The number of hydrogen-bond donors (Lipinski definition) is 1. The number of pyridine rings is 1. The Balaban J connectivity index is 1.68. The Labute approximate surface area is 168 Å². The van der Waals surface area contributed by atoms with Crippen LogP contribution in [0.4, 0.5) is 5.82 Å². The molecule has 0 amide bonds. The first-order chi connectivity index (χ1) is 13.7. The molecule has 4 rings (SSSR count). The first-order valence-corrected chi connectivity index (χ1v) is 10.3. The molecule has 1 aliphatic carbocycles. The lowest BCUT2D eigenvalue weighted by Gasteiger charge is -2.26. The van der Waals surface area contributed by atoms with Gasteiger partial charge in [0.1, 0.15) is 34.3 Å². The fourth-order valence-corrected chi connectivity index (χ4v) is 4.19. The highest BCUT2D eigenvalue weighted by Gasteiger charge is 2.24. The first kappa shape index (κ1) is 18.6. The molecule has 1 aliphatic heterocycles. The molecule has 2 aliphatic rings. The van der Waals surface area contributed by atoms with Crippen LogP contribution < -0.4 is 10.5 Å². The van der Waals surface area contributed by atoms with Crippen molar-refractivity contribution >= 4 is 17.6 Å². The van der Waals surface area contributed by atoms with Crippen LogP contribution in [-0.4, -0.2) is 30.1 Å². The third-order valence-electron chi connectivity index (χ3n) is 5.08. The number of rotatable bonds is 6. The molecule has 2 aromatic rings. The Morgan fingerprint density at radius 1 is 1.14 bits per heavy atom. The molecule has 1 saturated carbocycles. The molecule has 0 atom stereocenters. The number of nitrogen functional groups attached to an aromatic ring is 1. The summed E-state index contributed by atoms with van der Waals surface area (Å²) in [5.41, 5.74) is 7.99. The fraction of sp³-hybridized carbons (Fsp3) is 0.381. The van der Waals surface area contributed by atoms with Crippen LogP contribution in [0.15, 0.2) is 29.3 Å². The number of thioether (sulfide) groups is 1. The van der Waals surface area contributed by atoms with Gasteiger partial charge in [-0.3, -0.25) is 0 Å². The van der Waals surface area contributed by atoms with Gasteiger partial charge in [0, 0.05) is 17.2 Å². The molecule has 7 heteroatoms. The first-order valence-electron chi connectivity index (χ1n) is 9.31. The quantitative estimate of drug-likeness (QED) is 0.746. The monoisotopic (exact) mass is 392 g/mol. The summed E-state index contributed by atoms with van der Waals surface area (Å²) in [6.45, 7) is 1.46. The number of hydrogen-bond acceptors (Lipinski definition) is 7. The van der Waals surface area contributed by atoms with Crippen LogP contribution in [0.2, 0.25) is 0 Å². The van der Waals surface area contributed by atoms with Gasteiger partial charge in [-0.05, 0) is 37.0 Å². The minimum Gasteiger partial charge on any atom is -0.490 e. The molecular weight excluding hydrogens is 372 g/mol. The van der Waals surface area contributed by atoms with Crippen molar-refractivity contribution in [2.45, 2.75) is 30.4 Å². The van der Waals surface area contributed by atoms with E-state index in [-0.39, 0.29) is 11.4 Å². The van der Waals surface area contributed by atoms with Gasteiger partial charge in [-0.15, -0.1) is 11.8 Å². The molecule has 0 unspecified atom stereocenters. The standard InChI is InChI=1S/C21H20N4O2S/c22-8-17-19(14-4-6-16(7-5-14)27-15-2-1-3-15)18(9-23)21(25-20(17)24)28-12-13-10-26-11-13/h4-7,13,15H,1-3,10-12H2,(H2,24,25). The van der Waals surface area contributed by atoms with E-state index >= 15 is 0 Å². The molecule has 1 aromatic carbocycles. The van der Waals surface area contributed by atoms with Crippen LogP contribution in [0, 0.1) is 28.6 Å². The van der Waals surface area contributed by atoms with Gasteiger partial charge in [-0.2, -0.15) is 10.5 Å². The van der Waals surface area contributed by atoms with E-state index in [9.17, 15) is 10.5 Å². The normalized spacial score (nSPS) is 16.5. The number of anilines is 1. The van der Waals surface area contributed by atoms with Gasteiger partial charge in [0.15, 0.2) is 0 Å². The van der Waals surface area contributed by atoms with E-state index in [0.717, 1.165) is 43.1 Å². The molecule has 0 bridgehead atoms. The zero-order valence-electron chi connectivity index (χ0n) is 15.4. The molecule has 2 N–H and O–H groups in total. The predicted octanol–water partition coefficient (Wildman–Crippen LogP) is 3.74. The van der Waals surface area contributed by atoms with Gasteiger partial charge in [0.25, 0.3) is 0 Å². The Bertz CT molecular complexity index is 954. The van der Waals surface area contributed by atoms with E-state index in [1.165, 1.54) is 18.2 Å². The molecule has 1 aromatic heterocycles. The van der Waals surface area contributed by atoms with E-state index in [1.54, 1.807) is 0 Å². The Hall–Kier alpha value is -2.74. The molecule has 142 valence electrons. The van der Waals surface area contributed by atoms with Crippen molar-refractivity contribution in [2.75, 3.05) is 24.7 Å². The summed E-state index contributed by atoms with van der Waals surface area (Å²) in [5.74, 6) is 2.22. The van der Waals surface area contributed by atoms with Crippen molar-refractivity contribution in [1.82, 2.24) is 4.98 Å². The lowest BCUT2D eigenvalue weighted by Crippen LogP contribution is -2.29. The van der Waals surface area contributed by atoms with Gasteiger partial charge >= 0.3 is 0 Å². The van der Waals surface area contributed by atoms with Gasteiger partial charge in [-0.1, -0.05) is 12.1 Å². The molecule has 0 radical (unpaired) electrons. The van der Waals surface area contributed by atoms with E-state index in [0.29, 0.717) is 28.2 Å². The van der Waals surface area contributed by atoms with Crippen LogP contribution in [0.25, 0.3) is 11.1 Å². The highest BCUT2D eigenvalue weighted by Crippen LogP contribution is 2.37. The molecule has 28 heavy (non-hydrogen) atoms. The average Bonchev–Trinajstić information content (AvgIpc) is 2.63. The minimum absolute atomic E-state index is 0.152. The smallest absolute Gasteiger partial charge is 0.143 e. The SMILES string of the molecule is N#Cc1c(N)nc(SCC2COC2)c(C#N)c1-c1ccc(OC2CCC2)cc1. The van der Waals surface area contributed by atoms with Crippen LogP contribution in [0.3, 0.4) is 0 Å². The summed E-state index contributed by atoms with van der Waals surface area (Å²) in [7, 11) is 0. The fourth-order valence-electron chi connectivity index (χ4n) is 3.15. The summed E-state index contributed by atoms with van der Waals surface area (Å²) in [6.07, 6.45) is 3.69. The van der Waals surface area contributed by atoms with E-state index in [4.69, 9.17) is 15.2 Å². The number of ether oxygens (including phenoxy) is 2. The zero-order valence-corrected chi connectivity index (χ0v) is 16.2. The Morgan fingerprint density at radius 3 is 2.39 bits per heavy atom. The van der Waals surface area contributed by atoms with Crippen molar-refractivity contribution in [3.63, 3.8) is 0 Å². The second-order valence-corrected chi connectivity index (χ2v) is 8.07. The molecular formula is C21H20N4O2S. The van der Waals surface area contributed by atoms with Crippen LogP contribution in [0.5, 0.6) is 5.75 Å². The van der Waals surface area contributed by atoms with Gasteiger partial charge in [0.05, 0.1) is 24.9 Å². The second kappa shape index (κ2) is 8.10. The number of benzene rings is 1. The van der Waals surface area contributed by atoms with Gasteiger partial charge in [0.2, 0.25) is 0 Å². The average molecular weight is 392 g/mol. The number of nitrogens with two attached hydrogens (primary N) is 1. The summed E-state index contributed by atoms with van der Waals surface area (Å²) in [5, 5.41) is 20.0. The van der Waals surface area contributed by atoms with E-state index in [2.05, 4.69) is 17.1 Å². The maximum atomic E-state index is 9.82. The highest BCUT2D eigenvalue weighted by molar-refractivity contribution is 7.99. The van der Waals surface area contributed by atoms with Crippen molar-refractivity contribution in [3.05, 3.63) is 35.4 Å². The van der Waals surface area contributed by atoms with Crippen molar-refractivity contribution in [3.8, 4) is 29.0 Å². The number of nitriles is 2. The van der Waals surface area contributed by atoms with Crippen LogP contribution >= 0.6 is 11.8 Å². The van der Waals surface area contributed by atoms with Crippen molar-refractivity contribution < 1.29 is 9.47 Å². The van der Waals surface area contributed by atoms with Crippen LogP contribution in [-0.2, 0) is 4.74 Å². The van der Waals surface area contributed by atoms with Gasteiger partial charge < -0.3 is 15.2 Å². The lowest BCUT2D eigenvalue weighted by atomic mass is 9.95. The topological polar surface area (TPSA) is 105 Å². The van der Waals surface area contributed by atoms with Gasteiger partial charge in [-0.25, -0.2) is 4.98 Å². The molecule has 2 fully saturated rings.